The van der Waals surface area contributed by atoms with Crippen molar-refractivity contribution in [1.82, 2.24) is 14.8 Å². The first kappa shape index (κ1) is 16.4. The number of rotatable bonds is 3. The standard InChI is InChI=1S/C19H23N3O2/c1-13-7-4-5-9-16(13)18-21(3)19(24)17(22(18)14(2)23)11-15-8-6-10-20-12-15/h4-10,12-13,16-18H,11H2,1-3H3/t13?,16?,17-,18?/m1/s1. The zero-order valence-corrected chi connectivity index (χ0v) is 14.3. The first-order valence-electron chi connectivity index (χ1n) is 8.30. The lowest BCUT2D eigenvalue weighted by Gasteiger charge is -2.37. The molecule has 3 unspecified atom stereocenters. The van der Waals surface area contributed by atoms with Gasteiger partial charge in [-0.3, -0.25) is 14.6 Å². The lowest BCUT2D eigenvalue weighted by atomic mass is 9.86. The van der Waals surface area contributed by atoms with Crippen molar-refractivity contribution in [3.8, 4) is 0 Å². The Morgan fingerprint density at radius 1 is 1.29 bits per heavy atom. The molecule has 24 heavy (non-hydrogen) atoms. The minimum absolute atomic E-state index is 0.00536. The average Bonchev–Trinajstić information content (AvgIpc) is 2.81. The molecule has 1 saturated heterocycles. The third-order valence-electron chi connectivity index (χ3n) is 4.98. The smallest absolute Gasteiger partial charge is 0.247 e. The van der Waals surface area contributed by atoms with Crippen LogP contribution in [0.4, 0.5) is 0 Å². The molecule has 1 fully saturated rings. The van der Waals surface area contributed by atoms with Gasteiger partial charge < -0.3 is 9.80 Å². The van der Waals surface area contributed by atoms with Crippen LogP contribution in [-0.2, 0) is 16.0 Å². The second-order valence-corrected chi connectivity index (χ2v) is 6.58. The van der Waals surface area contributed by atoms with Gasteiger partial charge in [0.15, 0.2) is 0 Å². The van der Waals surface area contributed by atoms with E-state index in [0.717, 1.165) is 5.56 Å². The van der Waals surface area contributed by atoms with E-state index in [2.05, 4.69) is 24.1 Å². The number of nitrogens with zero attached hydrogens (tertiary/aromatic N) is 3. The maximum Gasteiger partial charge on any atom is 0.247 e. The molecule has 0 saturated carbocycles. The number of carbonyl (C=O) groups is 2. The normalized spacial score (nSPS) is 29.4. The van der Waals surface area contributed by atoms with Gasteiger partial charge in [-0.1, -0.05) is 37.3 Å². The maximum atomic E-state index is 12.9. The molecule has 0 spiro atoms. The summed E-state index contributed by atoms with van der Waals surface area (Å²) in [5, 5.41) is 0. The quantitative estimate of drug-likeness (QED) is 0.854. The summed E-state index contributed by atoms with van der Waals surface area (Å²) in [5.74, 6) is 0.303. The molecule has 0 bridgehead atoms. The highest BCUT2D eigenvalue weighted by Crippen LogP contribution is 2.34. The number of pyridine rings is 1. The molecule has 1 aliphatic heterocycles. The number of allylic oxidation sites excluding steroid dienone is 3. The van der Waals surface area contributed by atoms with Crippen LogP contribution < -0.4 is 0 Å². The third-order valence-corrected chi connectivity index (χ3v) is 4.98. The van der Waals surface area contributed by atoms with E-state index in [-0.39, 0.29) is 29.8 Å². The Kier molecular flexibility index (Phi) is 4.51. The van der Waals surface area contributed by atoms with Gasteiger partial charge in [0.2, 0.25) is 11.8 Å². The van der Waals surface area contributed by atoms with E-state index in [1.54, 1.807) is 36.2 Å². The van der Waals surface area contributed by atoms with E-state index >= 15 is 0 Å². The molecule has 1 aromatic heterocycles. The number of hydrogen-bond donors (Lipinski definition) is 0. The largest absolute Gasteiger partial charge is 0.323 e. The van der Waals surface area contributed by atoms with Crippen LogP contribution in [0.3, 0.4) is 0 Å². The SMILES string of the molecule is CC(=O)N1C(C2C=CC=CC2C)N(C)C(=O)[C@H]1Cc1cccnc1. The molecule has 4 atom stereocenters. The van der Waals surface area contributed by atoms with E-state index in [1.165, 1.54) is 0 Å². The monoisotopic (exact) mass is 325 g/mol. The van der Waals surface area contributed by atoms with Gasteiger partial charge in [-0.25, -0.2) is 0 Å². The molecule has 3 rings (SSSR count). The number of carbonyl (C=O) groups excluding carboxylic acids is 2. The Morgan fingerprint density at radius 3 is 2.67 bits per heavy atom. The molecular formula is C19H23N3O2. The van der Waals surface area contributed by atoms with Crippen molar-refractivity contribution in [2.45, 2.75) is 32.5 Å². The molecule has 126 valence electrons. The molecule has 5 heteroatoms. The van der Waals surface area contributed by atoms with Crippen molar-refractivity contribution in [3.05, 3.63) is 54.4 Å². The summed E-state index contributed by atoms with van der Waals surface area (Å²) < 4.78 is 0. The third kappa shape index (κ3) is 2.86. The fraction of sp³-hybridized carbons (Fsp3) is 0.421. The maximum absolute atomic E-state index is 12.9. The van der Waals surface area contributed by atoms with Crippen LogP contribution in [0.1, 0.15) is 19.4 Å². The summed E-state index contributed by atoms with van der Waals surface area (Å²) in [6.45, 7) is 3.67. The van der Waals surface area contributed by atoms with Crippen molar-refractivity contribution >= 4 is 11.8 Å². The molecule has 1 aliphatic carbocycles. The summed E-state index contributed by atoms with van der Waals surface area (Å²) in [6.07, 6.45) is 11.9. The van der Waals surface area contributed by atoms with Gasteiger partial charge in [0.25, 0.3) is 0 Å². The van der Waals surface area contributed by atoms with Crippen molar-refractivity contribution in [2.24, 2.45) is 11.8 Å². The predicted octanol–water partition coefficient (Wildman–Crippen LogP) is 2.02. The van der Waals surface area contributed by atoms with Crippen molar-refractivity contribution in [3.63, 3.8) is 0 Å². The number of likely N-dealkylation sites (N-methyl/N-ethyl adjacent to an activating group) is 1. The zero-order valence-electron chi connectivity index (χ0n) is 14.3. The fourth-order valence-corrected chi connectivity index (χ4v) is 3.74. The first-order valence-corrected chi connectivity index (χ1v) is 8.30. The molecule has 2 amide bonds. The fourth-order valence-electron chi connectivity index (χ4n) is 3.74. The highest BCUT2D eigenvalue weighted by molar-refractivity contribution is 5.90. The zero-order chi connectivity index (χ0) is 17.3. The first-order chi connectivity index (χ1) is 11.5. The summed E-state index contributed by atoms with van der Waals surface area (Å²) in [6, 6.07) is 3.33. The van der Waals surface area contributed by atoms with Crippen molar-refractivity contribution < 1.29 is 9.59 Å². The number of amides is 2. The summed E-state index contributed by atoms with van der Waals surface area (Å²) >= 11 is 0. The van der Waals surface area contributed by atoms with Gasteiger partial charge in [-0.2, -0.15) is 0 Å². The van der Waals surface area contributed by atoms with Crippen molar-refractivity contribution in [1.29, 1.82) is 0 Å². The Hall–Kier alpha value is -2.43. The van der Waals surface area contributed by atoms with E-state index in [1.807, 2.05) is 24.3 Å². The van der Waals surface area contributed by atoms with Crippen molar-refractivity contribution in [2.75, 3.05) is 7.05 Å². The van der Waals surface area contributed by atoms with Crippen LogP contribution in [-0.4, -0.2) is 45.9 Å². The van der Waals surface area contributed by atoms with Crippen LogP contribution in [0.5, 0.6) is 0 Å². The lowest BCUT2D eigenvalue weighted by molar-refractivity contribution is -0.135. The topological polar surface area (TPSA) is 53.5 Å². The molecule has 2 heterocycles. The van der Waals surface area contributed by atoms with E-state index in [4.69, 9.17) is 0 Å². The summed E-state index contributed by atoms with van der Waals surface area (Å²) in [5.41, 5.74) is 0.961. The van der Waals surface area contributed by atoms with Gasteiger partial charge >= 0.3 is 0 Å². The molecular weight excluding hydrogens is 302 g/mol. The average molecular weight is 325 g/mol. The minimum atomic E-state index is -0.465. The minimum Gasteiger partial charge on any atom is -0.323 e. The van der Waals surface area contributed by atoms with Gasteiger partial charge in [0.1, 0.15) is 12.2 Å². The molecule has 0 N–H and O–H groups in total. The highest BCUT2D eigenvalue weighted by atomic mass is 16.2. The summed E-state index contributed by atoms with van der Waals surface area (Å²) in [7, 11) is 1.80. The lowest BCUT2D eigenvalue weighted by Crippen LogP contribution is -2.48. The van der Waals surface area contributed by atoms with E-state index < -0.39 is 6.04 Å². The van der Waals surface area contributed by atoms with E-state index in [0.29, 0.717) is 6.42 Å². The molecule has 0 radical (unpaired) electrons. The van der Waals surface area contributed by atoms with E-state index in [9.17, 15) is 9.59 Å². The van der Waals surface area contributed by atoms with Crippen LogP contribution in [0.25, 0.3) is 0 Å². The Bertz CT molecular complexity index is 683. The van der Waals surface area contributed by atoms with Crippen LogP contribution >= 0.6 is 0 Å². The van der Waals surface area contributed by atoms with Gasteiger partial charge in [-0.05, 0) is 17.5 Å². The van der Waals surface area contributed by atoms with Crippen LogP contribution in [0.2, 0.25) is 0 Å². The number of aromatic nitrogens is 1. The van der Waals surface area contributed by atoms with Crippen LogP contribution in [0, 0.1) is 11.8 Å². The van der Waals surface area contributed by atoms with Gasteiger partial charge in [0, 0.05) is 38.7 Å². The summed E-state index contributed by atoms with van der Waals surface area (Å²) in [4.78, 5) is 32.8. The second kappa shape index (κ2) is 6.59. The van der Waals surface area contributed by atoms with Gasteiger partial charge in [-0.15, -0.1) is 0 Å². The second-order valence-electron chi connectivity index (χ2n) is 6.58. The molecule has 1 aromatic rings. The van der Waals surface area contributed by atoms with Crippen LogP contribution in [0.15, 0.2) is 48.8 Å². The van der Waals surface area contributed by atoms with Gasteiger partial charge in [0.05, 0.1) is 0 Å². The Balaban J connectivity index is 1.92. The Labute approximate surface area is 142 Å². The molecule has 5 nitrogen and oxygen atoms in total. The predicted molar refractivity (Wildman–Crippen MR) is 91.7 cm³/mol. The highest BCUT2D eigenvalue weighted by Gasteiger charge is 2.49. The molecule has 0 aromatic carbocycles. The number of hydrogen-bond acceptors (Lipinski definition) is 3. The Morgan fingerprint density at radius 2 is 2.04 bits per heavy atom. The molecule has 2 aliphatic rings.